The van der Waals surface area contributed by atoms with Crippen molar-refractivity contribution in [2.75, 3.05) is 6.54 Å². The number of carbonyl (C=O) groups is 1. The molecule has 0 aliphatic carbocycles. The average molecular weight is 195 g/mol. The smallest absolute Gasteiger partial charge is 0.315 e. The Hall–Kier alpha value is -1.52. The number of nitrogens with zero attached hydrogens (tertiary/aromatic N) is 2. The fraction of sp³-hybridized carbons (Fsp3) is 0.556. The van der Waals surface area contributed by atoms with Crippen LogP contribution in [0.2, 0.25) is 0 Å². The summed E-state index contributed by atoms with van der Waals surface area (Å²) in [5.41, 5.74) is 6.09. The van der Waals surface area contributed by atoms with Gasteiger partial charge in [-0.2, -0.15) is 0 Å². The number of hydrogen-bond donors (Lipinski definition) is 1. The Morgan fingerprint density at radius 3 is 3.14 bits per heavy atom. The standard InChI is InChI=1S/C9H13N3O2/c10-9(13)12-5-2-1-3-8(12)7-4-6-14-11-7/h4,6,8H,1-3,5H2,(H2,10,13). The van der Waals surface area contributed by atoms with Crippen molar-refractivity contribution < 1.29 is 9.32 Å². The van der Waals surface area contributed by atoms with Crippen LogP contribution >= 0.6 is 0 Å². The summed E-state index contributed by atoms with van der Waals surface area (Å²) in [6, 6.07) is 1.41. The van der Waals surface area contributed by atoms with Crippen LogP contribution in [0, 0.1) is 0 Å². The second-order valence-corrected chi connectivity index (χ2v) is 3.47. The van der Waals surface area contributed by atoms with E-state index >= 15 is 0 Å². The van der Waals surface area contributed by atoms with Gasteiger partial charge in [0.05, 0.1) is 6.04 Å². The molecule has 0 spiro atoms. The molecule has 1 aromatic heterocycles. The summed E-state index contributed by atoms with van der Waals surface area (Å²) in [5.74, 6) is 0. The molecule has 1 aliphatic heterocycles. The van der Waals surface area contributed by atoms with Gasteiger partial charge in [-0.1, -0.05) is 5.16 Å². The molecule has 1 fully saturated rings. The SMILES string of the molecule is NC(=O)N1CCCCC1c1ccon1. The Kier molecular flexibility index (Phi) is 2.39. The minimum Gasteiger partial charge on any atom is -0.364 e. The molecule has 0 aromatic carbocycles. The van der Waals surface area contributed by atoms with E-state index in [1.807, 2.05) is 0 Å². The zero-order chi connectivity index (χ0) is 9.97. The van der Waals surface area contributed by atoms with Crippen molar-refractivity contribution in [2.24, 2.45) is 5.73 Å². The first kappa shape index (κ1) is 9.05. The number of carbonyl (C=O) groups excluding carboxylic acids is 1. The van der Waals surface area contributed by atoms with Crippen molar-refractivity contribution in [3.8, 4) is 0 Å². The van der Waals surface area contributed by atoms with Crippen LogP contribution in [-0.4, -0.2) is 22.6 Å². The molecule has 1 unspecified atom stereocenters. The second kappa shape index (κ2) is 3.69. The van der Waals surface area contributed by atoms with Gasteiger partial charge in [-0.05, 0) is 19.3 Å². The van der Waals surface area contributed by atoms with Crippen LogP contribution in [0.1, 0.15) is 31.0 Å². The molecule has 2 heterocycles. The van der Waals surface area contributed by atoms with Gasteiger partial charge in [-0.3, -0.25) is 0 Å². The van der Waals surface area contributed by atoms with Gasteiger partial charge in [0.15, 0.2) is 0 Å². The summed E-state index contributed by atoms with van der Waals surface area (Å²) in [6.07, 6.45) is 4.54. The van der Waals surface area contributed by atoms with Crippen molar-refractivity contribution in [3.63, 3.8) is 0 Å². The normalized spacial score (nSPS) is 22.3. The molecule has 76 valence electrons. The van der Waals surface area contributed by atoms with Crippen molar-refractivity contribution in [1.82, 2.24) is 10.1 Å². The van der Waals surface area contributed by atoms with Crippen LogP contribution in [-0.2, 0) is 0 Å². The summed E-state index contributed by atoms with van der Waals surface area (Å²) in [4.78, 5) is 12.8. The van der Waals surface area contributed by atoms with Gasteiger partial charge in [0.2, 0.25) is 0 Å². The predicted octanol–water partition coefficient (Wildman–Crippen LogP) is 1.28. The molecule has 14 heavy (non-hydrogen) atoms. The highest BCUT2D eigenvalue weighted by Crippen LogP contribution is 2.29. The Morgan fingerprint density at radius 1 is 1.64 bits per heavy atom. The van der Waals surface area contributed by atoms with Crippen molar-refractivity contribution in [3.05, 3.63) is 18.0 Å². The lowest BCUT2D eigenvalue weighted by Crippen LogP contribution is -2.41. The summed E-state index contributed by atoms with van der Waals surface area (Å²) >= 11 is 0. The van der Waals surface area contributed by atoms with Crippen LogP contribution < -0.4 is 5.73 Å². The number of primary amides is 1. The first-order valence-corrected chi connectivity index (χ1v) is 4.75. The van der Waals surface area contributed by atoms with E-state index < -0.39 is 0 Å². The number of nitrogens with two attached hydrogens (primary N) is 1. The molecular formula is C9H13N3O2. The first-order chi connectivity index (χ1) is 6.79. The molecule has 5 heteroatoms. The fourth-order valence-corrected chi connectivity index (χ4v) is 1.90. The van der Waals surface area contributed by atoms with Gasteiger partial charge in [-0.25, -0.2) is 4.79 Å². The van der Waals surface area contributed by atoms with Crippen LogP contribution in [0.25, 0.3) is 0 Å². The van der Waals surface area contributed by atoms with Crippen molar-refractivity contribution >= 4 is 6.03 Å². The van der Waals surface area contributed by atoms with Crippen molar-refractivity contribution in [2.45, 2.75) is 25.3 Å². The van der Waals surface area contributed by atoms with E-state index in [9.17, 15) is 4.79 Å². The maximum absolute atomic E-state index is 11.1. The van der Waals surface area contributed by atoms with E-state index in [0.717, 1.165) is 25.0 Å². The van der Waals surface area contributed by atoms with E-state index in [1.165, 1.54) is 6.26 Å². The minimum atomic E-state index is -0.377. The monoisotopic (exact) mass is 195 g/mol. The maximum atomic E-state index is 11.1. The van der Waals surface area contributed by atoms with E-state index in [1.54, 1.807) is 11.0 Å². The van der Waals surface area contributed by atoms with E-state index in [4.69, 9.17) is 10.3 Å². The van der Waals surface area contributed by atoms with Crippen LogP contribution in [0.5, 0.6) is 0 Å². The Morgan fingerprint density at radius 2 is 2.50 bits per heavy atom. The Balaban J connectivity index is 2.18. The number of amides is 2. The number of urea groups is 1. The summed E-state index contributed by atoms with van der Waals surface area (Å²) < 4.78 is 4.77. The van der Waals surface area contributed by atoms with Gasteiger partial charge in [0, 0.05) is 12.6 Å². The van der Waals surface area contributed by atoms with Gasteiger partial charge in [0.25, 0.3) is 0 Å². The van der Waals surface area contributed by atoms with E-state index in [-0.39, 0.29) is 12.1 Å². The molecular weight excluding hydrogens is 182 g/mol. The average Bonchev–Trinajstić information content (AvgIpc) is 2.70. The zero-order valence-corrected chi connectivity index (χ0v) is 7.85. The molecule has 2 amide bonds. The predicted molar refractivity (Wildman–Crippen MR) is 49.4 cm³/mol. The highest BCUT2D eigenvalue weighted by Gasteiger charge is 2.28. The van der Waals surface area contributed by atoms with Crippen LogP contribution in [0.3, 0.4) is 0 Å². The molecule has 1 saturated heterocycles. The lowest BCUT2D eigenvalue weighted by atomic mass is 10.00. The Bertz CT molecular complexity index is 310. The van der Waals surface area contributed by atoms with Gasteiger partial charge < -0.3 is 15.2 Å². The minimum absolute atomic E-state index is 0.000000000000000222. The molecule has 1 aromatic rings. The summed E-state index contributed by atoms with van der Waals surface area (Å²) in [5, 5.41) is 3.85. The number of likely N-dealkylation sites (tertiary alicyclic amines) is 1. The number of rotatable bonds is 1. The fourth-order valence-electron chi connectivity index (χ4n) is 1.90. The maximum Gasteiger partial charge on any atom is 0.315 e. The molecule has 2 N–H and O–H groups in total. The summed E-state index contributed by atoms with van der Waals surface area (Å²) in [7, 11) is 0. The van der Waals surface area contributed by atoms with E-state index in [0.29, 0.717) is 6.54 Å². The van der Waals surface area contributed by atoms with Crippen molar-refractivity contribution in [1.29, 1.82) is 0 Å². The van der Waals surface area contributed by atoms with Gasteiger partial charge >= 0.3 is 6.03 Å². The summed E-state index contributed by atoms with van der Waals surface area (Å²) in [6.45, 7) is 0.715. The molecule has 0 bridgehead atoms. The third kappa shape index (κ3) is 1.57. The quantitative estimate of drug-likeness (QED) is 0.733. The first-order valence-electron chi connectivity index (χ1n) is 4.75. The topological polar surface area (TPSA) is 72.4 Å². The third-order valence-corrected chi connectivity index (χ3v) is 2.59. The number of hydrogen-bond acceptors (Lipinski definition) is 3. The zero-order valence-electron chi connectivity index (χ0n) is 7.85. The molecule has 5 nitrogen and oxygen atoms in total. The second-order valence-electron chi connectivity index (χ2n) is 3.47. The van der Waals surface area contributed by atoms with Gasteiger partial charge in [0.1, 0.15) is 12.0 Å². The highest BCUT2D eigenvalue weighted by atomic mass is 16.5. The highest BCUT2D eigenvalue weighted by molar-refractivity contribution is 5.72. The largest absolute Gasteiger partial charge is 0.364 e. The van der Waals surface area contributed by atoms with E-state index in [2.05, 4.69) is 5.16 Å². The number of piperidine rings is 1. The third-order valence-electron chi connectivity index (χ3n) is 2.59. The van der Waals surface area contributed by atoms with Gasteiger partial charge in [-0.15, -0.1) is 0 Å². The lowest BCUT2D eigenvalue weighted by molar-refractivity contribution is 0.155. The van der Waals surface area contributed by atoms with Crippen LogP contribution in [0.4, 0.5) is 4.79 Å². The lowest BCUT2D eigenvalue weighted by Gasteiger charge is -2.32. The molecule has 0 radical (unpaired) electrons. The van der Waals surface area contributed by atoms with Crippen LogP contribution in [0.15, 0.2) is 16.9 Å². The number of aromatic nitrogens is 1. The molecule has 2 rings (SSSR count). The molecule has 1 atom stereocenters. The molecule has 0 saturated carbocycles. The Labute approximate surface area is 81.8 Å². The molecule has 1 aliphatic rings.